The van der Waals surface area contributed by atoms with Gasteiger partial charge in [0.1, 0.15) is 5.60 Å². The van der Waals surface area contributed by atoms with Crippen molar-refractivity contribution in [2.45, 2.75) is 26.4 Å². The van der Waals surface area contributed by atoms with E-state index in [0.29, 0.717) is 5.69 Å². The summed E-state index contributed by atoms with van der Waals surface area (Å²) in [7, 11) is 1.47. The molecule has 1 heterocycles. The Balaban J connectivity index is 2.90. The maximum atomic E-state index is 11.7. The van der Waals surface area contributed by atoms with Crippen molar-refractivity contribution in [2.75, 3.05) is 11.9 Å². The van der Waals surface area contributed by atoms with E-state index in [0.717, 1.165) is 0 Å². The van der Waals surface area contributed by atoms with Crippen LogP contribution in [0.2, 0.25) is 0 Å². The molecule has 1 amide bonds. The molecular formula is C11H15N3O4. The van der Waals surface area contributed by atoms with Crippen molar-refractivity contribution < 1.29 is 19.4 Å². The average Bonchev–Trinajstić information content (AvgIpc) is 2.26. The lowest BCUT2D eigenvalue weighted by molar-refractivity contribution is 0.0587. The van der Waals surface area contributed by atoms with Crippen LogP contribution in [0.5, 0.6) is 0 Å². The number of carboxylic acid groups (broad SMARTS) is 1. The van der Waals surface area contributed by atoms with E-state index in [1.54, 1.807) is 20.8 Å². The summed E-state index contributed by atoms with van der Waals surface area (Å²) < 4.78 is 5.15. The summed E-state index contributed by atoms with van der Waals surface area (Å²) >= 11 is 0. The topological polar surface area (TPSA) is 92.6 Å². The Morgan fingerprint density at radius 1 is 1.39 bits per heavy atom. The number of aromatic carboxylic acids is 1. The SMILES string of the molecule is CN(C(=O)OC(C)(C)C)c1cnnc(C(=O)O)c1. The van der Waals surface area contributed by atoms with Gasteiger partial charge in [0.25, 0.3) is 0 Å². The van der Waals surface area contributed by atoms with Crippen LogP contribution in [0.1, 0.15) is 31.3 Å². The number of carboxylic acids is 1. The normalized spacial score (nSPS) is 10.9. The first-order valence-electron chi connectivity index (χ1n) is 5.23. The van der Waals surface area contributed by atoms with Gasteiger partial charge in [-0.2, -0.15) is 5.10 Å². The molecule has 98 valence electrons. The number of rotatable bonds is 2. The molecule has 7 nitrogen and oxygen atoms in total. The molecule has 18 heavy (non-hydrogen) atoms. The van der Waals surface area contributed by atoms with Gasteiger partial charge < -0.3 is 9.84 Å². The minimum absolute atomic E-state index is 0.233. The number of nitrogens with zero attached hydrogens (tertiary/aromatic N) is 3. The number of amides is 1. The number of carbonyl (C=O) groups excluding carboxylic acids is 1. The highest BCUT2D eigenvalue weighted by Gasteiger charge is 2.21. The fraction of sp³-hybridized carbons (Fsp3) is 0.455. The molecule has 0 aromatic carbocycles. The third kappa shape index (κ3) is 3.69. The van der Waals surface area contributed by atoms with Crippen LogP contribution in [0.25, 0.3) is 0 Å². The van der Waals surface area contributed by atoms with Crippen molar-refractivity contribution in [1.82, 2.24) is 10.2 Å². The molecular weight excluding hydrogens is 238 g/mol. The molecule has 0 aliphatic rings. The number of hydrogen-bond donors (Lipinski definition) is 1. The summed E-state index contributed by atoms with van der Waals surface area (Å²) in [6, 6.07) is 1.25. The highest BCUT2D eigenvalue weighted by atomic mass is 16.6. The summed E-state index contributed by atoms with van der Waals surface area (Å²) in [6.45, 7) is 5.23. The molecule has 0 fully saturated rings. The monoisotopic (exact) mass is 253 g/mol. The smallest absolute Gasteiger partial charge is 0.414 e. The molecule has 1 aromatic rings. The third-order valence-corrected chi connectivity index (χ3v) is 1.91. The zero-order valence-corrected chi connectivity index (χ0v) is 10.7. The van der Waals surface area contributed by atoms with E-state index in [1.807, 2.05) is 0 Å². The van der Waals surface area contributed by atoms with Crippen molar-refractivity contribution in [3.05, 3.63) is 18.0 Å². The Labute approximate surface area is 104 Å². The van der Waals surface area contributed by atoms with Gasteiger partial charge in [-0.05, 0) is 26.8 Å². The van der Waals surface area contributed by atoms with E-state index in [4.69, 9.17) is 9.84 Å². The van der Waals surface area contributed by atoms with Gasteiger partial charge in [-0.3, -0.25) is 4.90 Å². The second-order valence-electron chi connectivity index (χ2n) is 4.64. The number of ether oxygens (including phenoxy) is 1. The summed E-state index contributed by atoms with van der Waals surface area (Å²) in [5.41, 5.74) is -0.555. The minimum Gasteiger partial charge on any atom is -0.476 e. The molecule has 1 rings (SSSR count). The molecule has 0 bridgehead atoms. The number of aromatic nitrogens is 2. The molecule has 1 aromatic heterocycles. The van der Waals surface area contributed by atoms with Crippen molar-refractivity contribution in [2.24, 2.45) is 0 Å². The average molecular weight is 253 g/mol. The zero-order chi connectivity index (χ0) is 13.9. The molecule has 0 saturated heterocycles. The van der Waals surface area contributed by atoms with Crippen molar-refractivity contribution in [1.29, 1.82) is 0 Å². The van der Waals surface area contributed by atoms with Crippen LogP contribution in [-0.2, 0) is 4.74 Å². The van der Waals surface area contributed by atoms with Gasteiger partial charge in [0, 0.05) is 7.05 Å². The summed E-state index contributed by atoms with van der Waals surface area (Å²) in [5.74, 6) is -1.21. The molecule has 0 spiro atoms. The van der Waals surface area contributed by atoms with Crippen LogP contribution in [0.15, 0.2) is 12.3 Å². The fourth-order valence-electron chi connectivity index (χ4n) is 1.08. The fourth-order valence-corrected chi connectivity index (χ4v) is 1.08. The van der Waals surface area contributed by atoms with E-state index in [9.17, 15) is 9.59 Å². The molecule has 0 atom stereocenters. The molecule has 0 aliphatic heterocycles. The molecule has 0 saturated carbocycles. The number of hydrogen-bond acceptors (Lipinski definition) is 5. The Morgan fingerprint density at radius 2 is 2.00 bits per heavy atom. The Bertz CT molecular complexity index is 468. The van der Waals surface area contributed by atoms with Crippen LogP contribution < -0.4 is 4.90 Å². The predicted molar refractivity (Wildman–Crippen MR) is 63.6 cm³/mol. The molecule has 1 N–H and O–H groups in total. The maximum absolute atomic E-state index is 11.7. The minimum atomic E-state index is -1.21. The van der Waals surface area contributed by atoms with Gasteiger partial charge >= 0.3 is 12.1 Å². The highest BCUT2D eigenvalue weighted by Crippen LogP contribution is 2.16. The largest absolute Gasteiger partial charge is 0.476 e. The highest BCUT2D eigenvalue weighted by molar-refractivity contribution is 5.90. The Morgan fingerprint density at radius 3 is 2.50 bits per heavy atom. The summed E-state index contributed by atoms with van der Waals surface area (Å²) in [4.78, 5) is 23.7. The van der Waals surface area contributed by atoms with Gasteiger partial charge in [0.05, 0.1) is 11.9 Å². The predicted octanol–water partition coefficient (Wildman–Crippen LogP) is 1.55. The van der Waals surface area contributed by atoms with Crippen LogP contribution >= 0.6 is 0 Å². The second-order valence-corrected chi connectivity index (χ2v) is 4.64. The number of carbonyl (C=O) groups is 2. The summed E-state index contributed by atoms with van der Waals surface area (Å²) in [6.07, 6.45) is 0.697. The lowest BCUT2D eigenvalue weighted by Crippen LogP contribution is -2.34. The maximum Gasteiger partial charge on any atom is 0.414 e. The lowest BCUT2D eigenvalue weighted by Gasteiger charge is -2.24. The first-order chi connectivity index (χ1) is 8.20. The van der Waals surface area contributed by atoms with Gasteiger partial charge in [-0.25, -0.2) is 9.59 Å². The zero-order valence-electron chi connectivity index (χ0n) is 10.7. The van der Waals surface area contributed by atoms with E-state index in [-0.39, 0.29) is 5.69 Å². The van der Waals surface area contributed by atoms with Crippen molar-refractivity contribution in [3.8, 4) is 0 Å². The quantitative estimate of drug-likeness (QED) is 0.859. The Hall–Kier alpha value is -2.18. The third-order valence-electron chi connectivity index (χ3n) is 1.91. The standard InChI is InChI=1S/C11H15N3O4/c1-11(2,3)18-10(17)14(4)7-5-8(9(15)16)13-12-6-7/h5-6H,1-4H3,(H,15,16). The van der Waals surface area contributed by atoms with Gasteiger partial charge in [0.2, 0.25) is 0 Å². The van der Waals surface area contributed by atoms with Gasteiger partial charge in [-0.1, -0.05) is 0 Å². The number of anilines is 1. The first kappa shape index (κ1) is 13.9. The van der Waals surface area contributed by atoms with E-state index < -0.39 is 17.7 Å². The van der Waals surface area contributed by atoms with E-state index in [1.165, 1.54) is 24.2 Å². The van der Waals surface area contributed by atoms with E-state index in [2.05, 4.69) is 10.2 Å². The Kier molecular flexibility index (Phi) is 3.85. The van der Waals surface area contributed by atoms with Crippen molar-refractivity contribution in [3.63, 3.8) is 0 Å². The van der Waals surface area contributed by atoms with Crippen LogP contribution in [0, 0.1) is 0 Å². The molecule has 0 unspecified atom stereocenters. The van der Waals surface area contributed by atoms with Gasteiger partial charge in [0.15, 0.2) is 5.69 Å². The molecule has 0 radical (unpaired) electrons. The second kappa shape index (κ2) is 4.99. The van der Waals surface area contributed by atoms with E-state index >= 15 is 0 Å². The van der Waals surface area contributed by atoms with Gasteiger partial charge in [-0.15, -0.1) is 5.10 Å². The van der Waals surface area contributed by atoms with Crippen molar-refractivity contribution >= 4 is 17.7 Å². The molecule has 7 heteroatoms. The van der Waals surface area contributed by atoms with Crippen LogP contribution in [0.3, 0.4) is 0 Å². The summed E-state index contributed by atoms with van der Waals surface area (Å²) in [5, 5.41) is 15.7. The van der Waals surface area contributed by atoms with Crippen LogP contribution in [-0.4, -0.2) is 40.0 Å². The lowest BCUT2D eigenvalue weighted by atomic mass is 10.2. The first-order valence-corrected chi connectivity index (χ1v) is 5.23. The van der Waals surface area contributed by atoms with Crippen LogP contribution in [0.4, 0.5) is 10.5 Å². The molecule has 0 aliphatic carbocycles.